The predicted octanol–water partition coefficient (Wildman–Crippen LogP) is 2.61. The summed E-state index contributed by atoms with van der Waals surface area (Å²) in [6.45, 7) is 3.62. The average molecular weight is 313 g/mol. The van der Waals surface area contributed by atoms with Crippen LogP contribution in [-0.4, -0.2) is 40.6 Å². The highest BCUT2D eigenvalue weighted by atomic mass is 16.5. The molecule has 1 aliphatic rings. The third-order valence-corrected chi connectivity index (χ3v) is 4.47. The maximum absolute atomic E-state index is 12.7. The Morgan fingerprint density at radius 1 is 1.43 bits per heavy atom. The van der Waals surface area contributed by atoms with Gasteiger partial charge in [-0.1, -0.05) is 17.7 Å². The van der Waals surface area contributed by atoms with Gasteiger partial charge in [-0.15, -0.1) is 0 Å². The van der Waals surface area contributed by atoms with Crippen molar-refractivity contribution in [2.45, 2.75) is 32.2 Å². The number of piperidine rings is 1. The van der Waals surface area contributed by atoms with Crippen molar-refractivity contribution in [3.8, 4) is 5.75 Å². The Labute approximate surface area is 136 Å². The molecule has 5 nitrogen and oxygen atoms in total. The summed E-state index contributed by atoms with van der Waals surface area (Å²) >= 11 is 0. The molecule has 3 rings (SSSR count). The van der Waals surface area contributed by atoms with Gasteiger partial charge in [0.05, 0.1) is 25.9 Å². The lowest BCUT2D eigenvalue weighted by Crippen LogP contribution is -2.41. The van der Waals surface area contributed by atoms with Crippen LogP contribution in [0.15, 0.2) is 36.9 Å². The Balaban J connectivity index is 1.69. The number of carbonyl (C=O) groups is 1. The number of hydrogen-bond donors (Lipinski definition) is 0. The summed E-state index contributed by atoms with van der Waals surface area (Å²) < 4.78 is 7.49. The van der Waals surface area contributed by atoms with Crippen molar-refractivity contribution in [2.24, 2.45) is 0 Å². The van der Waals surface area contributed by atoms with Crippen molar-refractivity contribution in [1.82, 2.24) is 14.5 Å². The molecule has 1 unspecified atom stereocenters. The van der Waals surface area contributed by atoms with E-state index in [1.165, 1.54) is 0 Å². The van der Waals surface area contributed by atoms with Crippen LogP contribution in [0.1, 0.15) is 30.0 Å². The van der Waals surface area contributed by atoms with Crippen LogP contribution in [0.3, 0.4) is 0 Å². The number of methoxy groups -OCH3 is 1. The van der Waals surface area contributed by atoms with Crippen LogP contribution < -0.4 is 4.74 Å². The number of ether oxygens (including phenoxy) is 1. The molecular formula is C18H23N3O2. The van der Waals surface area contributed by atoms with Crippen molar-refractivity contribution in [3.05, 3.63) is 48.0 Å². The smallest absolute Gasteiger partial charge is 0.227 e. The summed E-state index contributed by atoms with van der Waals surface area (Å²) in [6, 6.07) is 6.30. The lowest BCUT2D eigenvalue weighted by Gasteiger charge is -2.33. The molecule has 0 N–H and O–H groups in total. The first-order valence-electron chi connectivity index (χ1n) is 8.06. The van der Waals surface area contributed by atoms with E-state index >= 15 is 0 Å². The highest BCUT2D eigenvalue weighted by molar-refractivity contribution is 5.79. The fraction of sp³-hybridized carbons (Fsp3) is 0.444. The number of nitrogens with zero attached hydrogens (tertiary/aromatic N) is 3. The molecular weight excluding hydrogens is 290 g/mol. The number of amides is 1. The Hall–Kier alpha value is -2.30. The van der Waals surface area contributed by atoms with E-state index < -0.39 is 0 Å². The minimum Gasteiger partial charge on any atom is -0.496 e. The van der Waals surface area contributed by atoms with E-state index in [0.29, 0.717) is 12.5 Å². The van der Waals surface area contributed by atoms with Crippen LogP contribution in [0.2, 0.25) is 0 Å². The quantitative estimate of drug-likeness (QED) is 0.872. The molecule has 1 aromatic heterocycles. The Bertz CT molecular complexity index is 667. The number of aromatic nitrogens is 2. The second-order valence-electron chi connectivity index (χ2n) is 6.14. The molecule has 1 aliphatic heterocycles. The van der Waals surface area contributed by atoms with E-state index in [9.17, 15) is 4.79 Å². The lowest BCUT2D eigenvalue weighted by molar-refractivity contribution is -0.132. The van der Waals surface area contributed by atoms with E-state index in [4.69, 9.17) is 4.74 Å². The van der Waals surface area contributed by atoms with Gasteiger partial charge in [-0.25, -0.2) is 4.98 Å². The summed E-state index contributed by atoms with van der Waals surface area (Å²) in [5.41, 5.74) is 2.10. The fourth-order valence-electron chi connectivity index (χ4n) is 3.23. The molecule has 2 aromatic rings. The van der Waals surface area contributed by atoms with Crippen molar-refractivity contribution in [2.75, 3.05) is 20.2 Å². The normalized spacial score (nSPS) is 18.0. The third-order valence-electron chi connectivity index (χ3n) is 4.47. The highest BCUT2D eigenvalue weighted by Crippen LogP contribution is 2.24. The van der Waals surface area contributed by atoms with E-state index in [1.807, 2.05) is 42.5 Å². The second kappa shape index (κ2) is 6.86. The van der Waals surface area contributed by atoms with Gasteiger partial charge in [0.2, 0.25) is 5.91 Å². The molecule has 0 spiro atoms. The van der Waals surface area contributed by atoms with Crippen LogP contribution in [0, 0.1) is 6.92 Å². The average Bonchev–Trinajstić information content (AvgIpc) is 3.10. The zero-order valence-electron chi connectivity index (χ0n) is 13.7. The summed E-state index contributed by atoms with van der Waals surface area (Å²) in [4.78, 5) is 18.8. The van der Waals surface area contributed by atoms with Gasteiger partial charge >= 0.3 is 0 Å². The van der Waals surface area contributed by atoms with Crippen LogP contribution in [0.25, 0.3) is 0 Å². The summed E-state index contributed by atoms with van der Waals surface area (Å²) in [5.74, 6) is 0.950. The van der Waals surface area contributed by atoms with E-state index in [0.717, 1.165) is 42.8 Å². The Kier molecular flexibility index (Phi) is 4.65. The van der Waals surface area contributed by atoms with Gasteiger partial charge in [-0.3, -0.25) is 4.79 Å². The largest absolute Gasteiger partial charge is 0.496 e. The standard InChI is InChI=1S/C18H23N3O2/c1-14-5-6-17(23-2)15(10-14)11-18(22)20-8-3-4-16(12-20)21-9-7-19-13-21/h5-7,9-10,13,16H,3-4,8,11-12H2,1-2H3. The molecule has 0 radical (unpaired) electrons. The number of hydrogen-bond acceptors (Lipinski definition) is 3. The van der Waals surface area contributed by atoms with Gasteiger partial charge < -0.3 is 14.2 Å². The molecule has 1 fully saturated rings. The number of rotatable bonds is 4. The van der Waals surface area contributed by atoms with E-state index in [1.54, 1.807) is 13.3 Å². The monoisotopic (exact) mass is 313 g/mol. The number of benzene rings is 1. The first-order valence-corrected chi connectivity index (χ1v) is 8.06. The summed E-state index contributed by atoms with van der Waals surface area (Å²) in [7, 11) is 1.65. The van der Waals surface area contributed by atoms with Crippen LogP contribution in [0.4, 0.5) is 0 Å². The predicted molar refractivity (Wildman–Crippen MR) is 88.5 cm³/mol. The molecule has 1 atom stereocenters. The number of carbonyl (C=O) groups excluding carboxylic acids is 1. The van der Waals surface area contributed by atoms with Crippen LogP contribution in [0.5, 0.6) is 5.75 Å². The zero-order valence-corrected chi connectivity index (χ0v) is 13.7. The van der Waals surface area contributed by atoms with Gasteiger partial charge in [0.15, 0.2) is 0 Å². The van der Waals surface area contributed by atoms with E-state index in [-0.39, 0.29) is 5.91 Å². The molecule has 0 saturated carbocycles. The van der Waals surface area contributed by atoms with Gasteiger partial charge in [-0.05, 0) is 25.8 Å². The Morgan fingerprint density at radius 3 is 3.04 bits per heavy atom. The fourth-order valence-corrected chi connectivity index (χ4v) is 3.23. The highest BCUT2D eigenvalue weighted by Gasteiger charge is 2.25. The number of likely N-dealkylation sites (tertiary alicyclic amines) is 1. The van der Waals surface area contributed by atoms with Crippen molar-refractivity contribution in [3.63, 3.8) is 0 Å². The van der Waals surface area contributed by atoms with Crippen molar-refractivity contribution in [1.29, 1.82) is 0 Å². The number of imidazole rings is 1. The van der Waals surface area contributed by atoms with Crippen LogP contribution in [-0.2, 0) is 11.2 Å². The van der Waals surface area contributed by atoms with Gasteiger partial charge in [-0.2, -0.15) is 0 Å². The third kappa shape index (κ3) is 3.55. The molecule has 0 bridgehead atoms. The molecule has 23 heavy (non-hydrogen) atoms. The zero-order chi connectivity index (χ0) is 16.2. The number of aryl methyl sites for hydroxylation is 1. The molecule has 5 heteroatoms. The second-order valence-corrected chi connectivity index (χ2v) is 6.14. The molecule has 122 valence electrons. The lowest BCUT2D eigenvalue weighted by atomic mass is 10.0. The maximum atomic E-state index is 12.7. The van der Waals surface area contributed by atoms with E-state index in [2.05, 4.69) is 9.55 Å². The molecule has 1 saturated heterocycles. The Morgan fingerprint density at radius 2 is 2.30 bits per heavy atom. The minimum absolute atomic E-state index is 0.165. The van der Waals surface area contributed by atoms with Crippen molar-refractivity contribution >= 4 is 5.91 Å². The van der Waals surface area contributed by atoms with Crippen molar-refractivity contribution < 1.29 is 9.53 Å². The SMILES string of the molecule is COc1ccc(C)cc1CC(=O)N1CCCC(n2ccnc2)C1. The molecule has 0 aliphatic carbocycles. The maximum Gasteiger partial charge on any atom is 0.227 e. The summed E-state index contributed by atoms with van der Waals surface area (Å²) in [6.07, 6.45) is 8.11. The first kappa shape index (κ1) is 15.6. The first-order chi connectivity index (χ1) is 11.2. The minimum atomic E-state index is 0.165. The van der Waals surface area contributed by atoms with Gasteiger partial charge in [0.25, 0.3) is 0 Å². The molecule has 1 amide bonds. The summed E-state index contributed by atoms with van der Waals surface area (Å²) in [5, 5.41) is 0. The molecule has 1 aromatic carbocycles. The van der Waals surface area contributed by atoms with Crippen LogP contribution >= 0.6 is 0 Å². The van der Waals surface area contributed by atoms with Gasteiger partial charge in [0.1, 0.15) is 5.75 Å². The molecule has 2 heterocycles. The topological polar surface area (TPSA) is 47.4 Å². The van der Waals surface area contributed by atoms with Gasteiger partial charge in [0, 0.05) is 31.0 Å².